The van der Waals surface area contributed by atoms with Crippen molar-refractivity contribution in [1.29, 1.82) is 0 Å². The highest BCUT2D eigenvalue weighted by molar-refractivity contribution is 7.09. The van der Waals surface area contributed by atoms with Gasteiger partial charge in [-0.1, -0.05) is 32.0 Å². The molecule has 3 aromatic rings. The van der Waals surface area contributed by atoms with E-state index in [2.05, 4.69) is 39.9 Å². The summed E-state index contributed by atoms with van der Waals surface area (Å²) in [6.07, 6.45) is 4.37. The van der Waals surface area contributed by atoms with Gasteiger partial charge in [0.15, 0.2) is 0 Å². The largest absolute Gasteiger partial charge is 0.337 e. The smallest absolute Gasteiger partial charge is 0.319 e. The van der Waals surface area contributed by atoms with E-state index in [9.17, 15) is 4.79 Å². The van der Waals surface area contributed by atoms with Crippen LogP contribution in [0.25, 0.3) is 0 Å². The minimum absolute atomic E-state index is 0.211. The van der Waals surface area contributed by atoms with Crippen LogP contribution in [0.4, 0.5) is 10.5 Å². The summed E-state index contributed by atoms with van der Waals surface area (Å²) < 4.78 is 1.83. The maximum atomic E-state index is 12.2. The standard InChI is InChI=1S/C19H23N5OS/c1-14(2)18-22-16(13-26-18)8-10-20-19(25)23-17-7-4-3-6-15(17)12-24-11-5-9-21-24/h3-7,9,11,13-14H,8,10,12H2,1-2H3,(H2,20,23,25). The third-order valence-corrected chi connectivity index (χ3v) is 5.08. The van der Waals surface area contributed by atoms with E-state index in [1.54, 1.807) is 17.5 Å². The molecule has 2 amide bonds. The second-order valence-electron chi connectivity index (χ2n) is 6.32. The van der Waals surface area contributed by atoms with Crippen molar-refractivity contribution >= 4 is 23.1 Å². The lowest BCUT2D eigenvalue weighted by molar-refractivity contribution is 0.252. The number of carbonyl (C=O) groups is 1. The maximum absolute atomic E-state index is 12.2. The van der Waals surface area contributed by atoms with Gasteiger partial charge in [0, 0.05) is 42.3 Å². The number of hydrogen-bond acceptors (Lipinski definition) is 4. The quantitative estimate of drug-likeness (QED) is 0.664. The van der Waals surface area contributed by atoms with Gasteiger partial charge in [-0.3, -0.25) is 4.68 Å². The van der Waals surface area contributed by atoms with Crippen molar-refractivity contribution in [2.24, 2.45) is 0 Å². The van der Waals surface area contributed by atoms with E-state index >= 15 is 0 Å². The number of urea groups is 1. The fourth-order valence-electron chi connectivity index (χ4n) is 2.52. The zero-order valence-corrected chi connectivity index (χ0v) is 15.8. The Morgan fingerprint density at radius 2 is 2.12 bits per heavy atom. The molecule has 1 aromatic carbocycles. The Bertz CT molecular complexity index is 841. The number of thiazole rings is 1. The van der Waals surface area contributed by atoms with Crippen LogP contribution in [0, 0.1) is 0 Å². The summed E-state index contributed by atoms with van der Waals surface area (Å²) in [7, 11) is 0. The summed E-state index contributed by atoms with van der Waals surface area (Å²) in [5.74, 6) is 0.441. The summed E-state index contributed by atoms with van der Waals surface area (Å²) in [6.45, 7) is 5.43. The molecule has 7 heteroatoms. The Balaban J connectivity index is 1.51. The first kappa shape index (κ1) is 18.1. The molecule has 0 bridgehead atoms. The molecule has 0 radical (unpaired) electrons. The number of amides is 2. The third kappa shape index (κ3) is 4.92. The van der Waals surface area contributed by atoms with Crippen molar-refractivity contribution in [3.8, 4) is 0 Å². The molecule has 0 fully saturated rings. The van der Waals surface area contributed by atoms with Crippen LogP contribution < -0.4 is 10.6 Å². The average Bonchev–Trinajstić information content (AvgIpc) is 3.28. The predicted molar refractivity (Wildman–Crippen MR) is 105 cm³/mol. The van der Waals surface area contributed by atoms with E-state index < -0.39 is 0 Å². The van der Waals surface area contributed by atoms with Crippen molar-refractivity contribution in [2.45, 2.75) is 32.7 Å². The highest BCUT2D eigenvalue weighted by atomic mass is 32.1. The summed E-state index contributed by atoms with van der Waals surface area (Å²) in [6, 6.07) is 9.42. The number of carbonyl (C=O) groups excluding carboxylic acids is 1. The highest BCUT2D eigenvalue weighted by Crippen LogP contribution is 2.19. The van der Waals surface area contributed by atoms with E-state index in [0.29, 0.717) is 19.0 Å². The fourth-order valence-corrected chi connectivity index (χ4v) is 3.39. The topological polar surface area (TPSA) is 71.8 Å². The monoisotopic (exact) mass is 369 g/mol. The first-order valence-electron chi connectivity index (χ1n) is 8.66. The van der Waals surface area contributed by atoms with Crippen LogP contribution in [0.3, 0.4) is 0 Å². The lowest BCUT2D eigenvalue weighted by atomic mass is 10.2. The summed E-state index contributed by atoms with van der Waals surface area (Å²) in [5.41, 5.74) is 2.82. The first-order chi connectivity index (χ1) is 12.6. The summed E-state index contributed by atoms with van der Waals surface area (Å²) in [4.78, 5) is 16.8. The van der Waals surface area contributed by atoms with Gasteiger partial charge in [-0.25, -0.2) is 9.78 Å². The van der Waals surface area contributed by atoms with Crippen LogP contribution in [-0.4, -0.2) is 27.3 Å². The van der Waals surface area contributed by atoms with E-state index in [1.165, 1.54) is 0 Å². The lowest BCUT2D eigenvalue weighted by Crippen LogP contribution is -2.31. The number of benzene rings is 1. The zero-order chi connectivity index (χ0) is 18.4. The molecule has 0 aliphatic rings. The van der Waals surface area contributed by atoms with Gasteiger partial charge in [-0.05, 0) is 17.7 Å². The molecule has 0 saturated heterocycles. The van der Waals surface area contributed by atoms with Crippen molar-refractivity contribution in [1.82, 2.24) is 20.1 Å². The number of hydrogen-bond donors (Lipinski definition) is 2. The number of para-hydroxylation sites is 1. The van der Waals surface area contributed by atoms with E-state index in [0.717, 1.165) is 28.4 Å². The van der Waals surface area contributed by atoms with Gasteiger partial charge in [-0.2, -0.15) is 5.10 Å². The maximum Gasteiger partial charge on any atom is 0.319 e. The summed E-state index contributed by atoms with van der Waals surface area (Å²) in [5, 5.41) is 13.2. The van der Waals surface area contributed by atoms with Crippen LogP contribution >= 0.6 is 11.3 Å². The van der Waals surface area contributed by atoms with Gasteiger partial charge >= 0.3 is 6.03 Å². The number of nitrogens with one attached hydrogen (secondary N) is 2. The van der Waals surface area contributed by atoms with Crippen LogP contribution in [0.15, 0.2) is 48.1 Å². The molecule has 0 unspecified atom stereocenters. The molecule has 0 atom stereocenters. The molecule has 26 heavy (non-hydrogen) atoms. The Kier molecular flexibility index (Phi) is 6.01. The minimum Gasteiger partial charge on any atom is -0.337 e. The van der Waals surface area contributed by atoms with Crippen molar-refractivity contribution in [2.75, 3.05) is 11.9 Å². The van der Waals surface area contributed by atoms with Crippen molar-refractivity contribution in [3.63, 3.8) is 0 Å². The molecule has 2 heterocycles. The van der Waals surface area contributed by atoms with Crippen LogP contribution in [0.2, 0.25) is 0 Å². The van der Waals surface area contributed by atoms with E-state index in [-0.39, 0.29) is 6.03 Å². The molecule has 0 aliphatic heterocycles. The van der Waals surface area contributed by atoms with Crippen LogP contribution in [-0.2, 0) is 13.0 Å². The Morgan fingerprint density at radius 3 is 2.85 bits per heavy atom. The Hall–Kier alpha value is -2.67. The molecule has 0 spiro atoms. The number of nitrogens with zero attached hydrogens (tertiary/aromatic N) is 3. The van der Waals surface area contributed by atoms with Gasteiger partial charge in [-0.15, -0.1) is 11.3 Å². The fraction of sp³-hybridized carbons (Fsp3) is 0.316. The van der Waals surface area contributed by atoms with Gasteiger partial charge in [0.25, 0.3) is 0 Å². The second-order valence-corrected chi connectivity index (χ2v) is 7.21. The van der Waals surface area contributed by atoms with Crippen molar-refractivity contribution in [3.05, 3.63) is 64.4 Å². The zero-order valence-electron chi connectivity index (χ0n) is 15.0. The van der Waals surface area contributed by atoms with Gasteiger partial charge in [0.05, 0.1) is 17.2 Å². The van der Waals surface area contributed by atoms with E-state index in [1.807, 2.05) is 41.2 Å². The van der Waals surface area contributed by atoms with Gasteiger partial charge < -0.3 is 10.6 Å². The number of anilines is 1. The molecular formula is C19H23N5OS. The highest BCUT2D eigenvalue weighted by Gasteiger charge is 2.08. The van der Waals surface area contributed by atoms with E-state index in [4.69, 9.17) is 0 Å². The van der Waals surface area contributed by atoms with Gasteiger partial charge in [0.2, 0.25) is 0 Å². The molecule has 6 nitrogen and oxygen atoms in total. The summed E-state index contributed by atoms with van der Waals surface area (Å²) >= 11 is 1.68. The predicted octanol–water partition coefficient (Wildman–Crippen LogP) is 3.88. The first-order valence-corrected chi connectivity index (χ1v) is 9.54. The van der Waals surface area contributed by atoms with Crippen LogP contribution in [0.5, 0.6) is 0 Å². The molecule has 0 aliphatic carbocycles. The minimum atomic E-state index is -0.211. The Labute approximate surface area is 157 Å². The van der Waals surface area contributed by atoms with Crippen molar-refractivity contribution < 1.29 is 4.79 Å². The lowest BCUT2D eigenvalue weighted by Gasteiger charge is -2.12. The molecule has 2 aromatic heterocycles. The normalized spacial score (nSPS) is 10.9. The molecule has 136 valence electrons. The average molecular weight is 369 g/mol. The third-order valence-electron chi connectivity index (χ3n) is 3.89. The number of rotatable bonds is 7. The van der Waals surface area contributed by atoms with Gasteiger partial charge in [0.1, 0.15) is 0 Å². The Morgan fingerprint density at radius 1 is 1.27 bits per heavy atom. The molecule has 3 rings (SSSR count). The number of aromatic nitrogens is 3. The molecular weight excluding hydrogens is 346 g/mol. The van der Waals surface area contributed by atoms with Crippen LogP contribution in [0.1, 0.15) is 36.0 Å². The second kappa shape index (κ2) is 8.62. The SMILES string of the molecule is CC(C)c1nc(CCNC(=O)Nc2ccccc2Cn2cccn2)cs1. The molecule has 2 N–H and O–H groups in total. The molecule has 0 saturated carbocycles.